The highest BCUT2D eigenvalue weighted by Crippen LogP contribution is 2.20. The molecule has 0 aliphatic carbocycles. The predicted octanol–water partition coefficient (Wildman–Crippen LogP) is 3.03. The molecule has 0 saturated carbocycles. The average Bonchev–Trinajstić information content (AvgIpc) is 2.25. The summed E-state index contributed by atoms with van der Waals surface area (Å²) in [7, 11) is 0. The van der Waals surface area contributed by atoms with E-state index in [1.165, 1.54) is 5.69 Å². The Bertz CT molecular complexity index is 347. The third-order valence-electron chi connectivity index (χ3n) is 2.51. The molecule has 0 bridgehead atoms. The fourth-order valence-electron chi connectivity index (χ4n) is 1.96. The molecule has 0 radical (unpaired) electrons. The van der Waals surface area contributed by atoms with Gasteiger partial charge in [0.05, 0.1) is 0 Å². The van der Waals surface area contributed by atoms with Gasteiger partial charge in [0.1, 0.15) is 0 Å². The van der Waals surface area contributed by atoms with Crippen LogP contribution >= 0.6 is 0 Å². The van der Waals surface area contributed by atoms with Crippen molar-refractivity contribution in [2.24, 2.45) is 5.92 Å². The summed E-state index contributed by atoms with van der Waals surface area (Å²) in [6.07, 6.45) is 1.01. The number of H-pyrrole nitrogens is 1. The molecule has 0 aliphatic heterocycles. The number of rotatable bonds is 3. The van der Waals surface area contributed by atoms with Gasteiger partial charge in [-0.1, -0.05) is 13.8 Å². The first-order valence-corrected chi connectivity index (χ1v) is 5.12. The Morgan fingerprint density at radius 2 is 1.93 bits per heavy atom. The maximum atomic E-state index is 11.4. The molecule has 1 aromatic rings. The molecule has 2 heteroatoms. The molecule has 0 aliphatic rings. The summed E-state index contributed by atoms with van der Waals surface area (Å²) < 4.78 is 0. The van der Waals surface area contributed by atoms with Gasteiger partial charge in [-0.3, -0.25) is 4.79 Å². The van der Waals surface area contributed by atoms with Gasteiger partial charge in [-0.25, -0.2) is 0 Å². The van der Waals surface area contributed by atoms with Gasteiger partial charge >= 0.3 is 0 Å². The van der Waals surface area contributed by atoms with Crippen LogP contribution in [0.4, 0.5) is 0 Å². The summed E-state index contributed by atoms with van der Waals surface area (Å²) in [5.41, 5.74) is 4.22. The number of ketones is 1. The minimum absolute atomic E-state index is 0.159. The molecule has 14 heavy (non-hydrogen) atoms. The van der Waals surface area contributed by atoms with Crippen LogP contribution < -0.4 is 0 Å². The highest BCUT2D eigenvalue weighted by molar-refractivity contribution is 5.97. The van der Waals surface area contributed by atoms with E-state index in [-0.39, 0.29) is 5.78 Å². The maximum absolute atomic E-state index is 11.4. The van der Waals surface area contributed by atoms with E-state index in [1.807, 2.05) is 13.8 Å². The zero-order valence-electron chi connectivity index (χ0n) is 9.69. The van der Waals surface area contributed by atoms with Crippen molar-refractivity contribution in [2.75, 3.05) is 0 Å². The van der Waals surface area contributed by atoms with Crippen molar-refractivity contribution >= 4 is 5.78 Å². The number of Topliss-reactive ketones (excluding diaryl/α,β-unsaturated/α-hetero) is 1. The van der Waals surface area contributed by atoms with Gasteiger partial charge in [0.15, 0.2) is 5.78 Å². The lowest BCUT2D eigenvalue weighted by atomic mass is 10.0. The van der Waals surface area contributed by atoms with Crippen molar-refractivity contribution in [2.45, 2.75) is 41.0 Å². The molecule has 0 saturated heterocycles. The minimum Gasteiger partial charge on any atom is -0.362 e. The Balaban J connectivity index is 3.10. The van der Waals surface area contributed by atoms with Crippen molar-refractivity contribution in [1.29, 1.82) is 0 Å². The van der Waals surface area contributed by atoms with Crippen LogP contribution in [-0.4, -0.2) is 10.8 Å². The van der Waals surface area contributed by atoms with Crippen LogP contribution in [0.15, 0.2) is 0 Å². The van der Waals surface area contributed by atoms with E-state index >= 15 is 0 Å². The molecule has 0 aromatic carbocycles. The van der Waals surface area contributed by atoms with Gasteiger partial charge < -0.3 is 4.98 Å². The van der Waals surface area contributed by atoms with Gasteiger partial charge in [0.25, 0.3) is 0 Å². The summed E-state index contributed by atoms with van der Waals surface area (Å²) in [5, 5.41) is 0. The van der Waals surface area contributed by atoms with Crippen LogP contribution in [0, 0.1) is 19.8 Å². The Morgan fingerprint density at radius 1 is 1.36 bits per heavy atom. The molecule has 1 N–H and O–H groups in total. The van der Waals surface area contributed by atoms with Gasteiger partial charge in [-0.05, 0) is 38.7 Å². The molecular weight excluding hydrogens is 174 g/mol. The first-order chi connectivity index (χ1) is 6.43. The molecule has 1 heterocycles. The van der Waals surface area contributed by atoms with Crippen LogP contribution in [0.2, 0.25) is 0 Å². The lowest BCUT2D eigenvalue weighted by molar-refractivity contribution is 0.101. The molecule has 78 valence electrons. The fraction of sp³-hybridized carbons (Fsp3) is 0.583. The molecule has 0 atom stereocenters. The Hall–Kier alpha value is -1.05. The van der Waals surface area contributed by atoms with Crippen molar-refractivity contribution < 1.29 is 4.79 Å². The normalized spacial score (nSPS) is 11.0. The third-order valence-corrected chi connectivity index (χ3v) is 2.51. The summed E-state index contributed by atoms with van der Waals surface area (Å²) >= 11 is 0. The number of hydrogen-bond acceptors (Lipinski definition) is 1. The first-order valence-electron chi connectivity index (χ1n) is 5.12. The summed E-state index contributed by atoms with van der Waals surface area (Å²) in [6, 6.07) is 0. The lowest BCUT2D eigenvalue weighted by Gasteiger charge is -2.03. The summed E-state index contributed by atoms with van der Waals surface area (Å²) in [4.78, 5) is 14.7. The second kappa shape index (κ2) is 3.99. The van der Waals surface area contributed by atoms with Crippen LogP contribution in [-0.2, 0) is 6.42 Å². The molecule has 0 fully saturated rings. The van der Waals surface area contributed by atoms with Crippen LogP contribution in [0.25, 0.3) is 0 Å². The van der Waals surface area contributed by atoms with E-state index in [1.54, 1.807) is 6.92 Å². The number of aromatic nitrogens is 1. The van der Waals surface area contributed by atoms with Crippen molar-refractivity contribution in [3.05, 3.63) is 22.5 Å². The zero-order chi connectivity index (χ0) is 10.9. The number of aromatic amines is 1. The number of carbonyl (C=O) groups excluding carboxylic acids is 1. The topological polar surface area (TPSA) is 32.9 Å². The van der Waals surface area contributed by atoms with Gasteiger partial charge in [0, 0.05) is 17.0 Å². The molecule has 0 amide bonds. The van der Waals surface area contributed by atoms with Gasteiger partial charge in [-0.15, -0.1) is 0 Å². The predicted molar refractivity (Wildman–Crippen MR) is 58.8 cm³/mol. The van der Waals surface area contributed by atoms with E-state index < -0.39 is 0 Å². The van der Waals surface area contributed by atoms with Crippen LogP contribution in [0.1, 0.15) is 48.1 Å². The van der Waals surface area contributed by atoms with Crippen molar-refractivity contribution in [3.63, 3.8) is 0 Å². The van der Waals surface area contributed by atoms with E-state index in [4.69, 9.17) is 0 Å². The Kier molecular flexibility index (Phi) is 3.14. The maximum Gasteiger partial charge on any atom is 0.161 e. The van der Waals surface area contributed by atoms with Gasteiger partial charge in [-0.2, -0.15) is 0 Å². The quantitative estimate of drug-likeness (QED) is 0.735. The number of hydrogen-bond donors (Lipinski definition) is 1. The Morgan fingerprint density at radius 3 is 2.29 bits per heavy atom. The standard InChI is InChI=1S/C12H19NO/c1-7(2)6-11-8(3)12(10(5)14)9(4)13-11/h7,13H,6H2,1-5H3. The third kappa shape index (κ3) is 2.06. The largest absolute Gasteiger partial charge is 0.362 e. The summed E-state index contributed by atoms with van der Waals surface area (Å²) in [5.74, 6) is 0.776. The van der Waals surface area contributed by atoms with Crippen LogP contribution in [0.3, 0.4) is 0 Å². The summed E-state index contributed by atoms with van der Waals surface area (Å²) in [6.45, 7) is 9.99. The lowest BCUT2D eigenvalue weighted by Crippen LogP contribution is -1.98. The molecule has 0 spiro atoms. The number of nitrogens with one attached hydrogen (secondary N) is 1. The molecular formula is C12H19NO. The van der Waals surface area contributed by atoms with Crippen LogP contribution in [0.5, 0.6) is 0 Å². The second-order valence-electron chi connectivity index (χ2n) is 4.38. The van der Waals surface area contributed by atoms with E-state index in [9.17, 15) is 4.79 Å². The SMILES string of the molecule is CC(=O)c1c(C)[nH]c(CC(C)C)c1C. The highest BCUT2D eigenvalue weighted by atomic mass is 16.1. The highest BCUT2D eigenvalue weighted by Gasteiger charge is 2.14. The van der Waals surface area contributed by atoms with E-state index in [2.05, 4.69) is 18.8 Å². The number of aryl methyl sites for hydroxylation is 1. The molecule has 0 unspecified atom stereocenters. The smallest absolute Gasteiger partial charge is 0.161 e. The monoisotopic (exact) mass is 193 g/mol. The van der Waals surface area contributed by atoms with Gasteiger partial charge in [0.2, 0.25) is 0 Å². The van der Waals surface area contributed by atoms with Crippen molar-refractivity contribution in [3.8, 4) is 0 Å². The second-order valence-corrected chi connectivity index (χ2v) is 4.38. The minimum atomic E-state index is 0.159. The molecule has 2 nitrogen and oxygen atoms in total. The van der Waals surface area contributed by atoms with Crippen molar-refractivity contribution in [1.82, 2.24) is 4.98 Å². The average molecular weight is 193 g/mol. The van der Waals surface area contributed by atoms with E-state index in [0.717, 1.165) is 23.2 Å². The number of carbonyl (C=O) groups is 1. The Labute approximate surface area is 85.7 Å². The molecule has 1 rings (SSSR count). The van der Waals surface area contributed by atoms with E-state index in [0.29, 0.717) is 5.92 Å². The fourth-order valence-corrected chi connectivity index (χ4v) is 1.96. The first kappa shape index (κ1) is 11.0. The zero-order valence-corrected chi connectivity index (χ0v) is 9.69. The molecule has 1 aromatic heterocycles.